The molecular weight excluding hydrogens is 510 g/mol. The molecular formula is C29H31ClFN2O3P. The maximum Gasteiger partial charge on any atom is 0.221 e. The molecule has 1 aromatic heterocycles. The van der Waals surface area contributed by atoms with E-state index in [-0.39, 0.29) is 24.1 Å². The van der Waals surface area contributed by atoms with Crippen LogP contribution in [0.5, 0.6) is 5.75 Å². The molecule has 3 aromatic rings. The van der Waals surface area contributed by atoms with Crippen LogP contribution in [0.1, 0.15) is 31.5 Å². The maximum absolute atomic E-state index is 14.3. The molecule has 1 unspecified atom stereocenters. The van der Waals surface area contributed by atoms with Crippen molar-refractivity contribution in [1.82, 2.24) is 4.57 Å². The molecule has 5 nitrogen and oxygen atoms in total. The summed E-state index contributed by atoms with van der Waals surface area (Å²) in [5, 5.41) is 13.4. The van der Waals surface area contributed by atoms with Gasteiger partial charge in [-0.05, 0) is 80.2 Å². The molecule has 1 amide bonds. The molecule has 2 aromatic carbocycles. The van der Waals surface area contributed by atoms with Crippen LogP contribution in [-0.2, 0) is 4.79 Å². The molecule has 1 atom stereocenters. The Morgan fingerprint density at radius 3 is 2.65 bits per heavy atom. The summed E-state index contributed by atoms with van der Waals surface area (Å²) in [4.78, 5) is 11.7. The van der Waals surface area contributed by atoms with E-state index in [1.807, 2.05) is 35.8 Å². The van der Waals surface area contributed by atoms with Crippen LogP contribution in [0.15, 0.2) is 78.7 Å². The highest BCUT2D eigenvalue weighted by Crippen LogP contribution is 2.37. The summed E-state index contributed by atoms with van der Waals surface area (Å²) in [7, 11) is 2.56. The van der Waals surface area contributed by atoms with Crippen LogP contribution in [0.25, 0.3) is 22.7 Å². The van der Waals surface area contributed by atoms with Gasteiger partial charge < -0.3 is 19.7 Å². The minimum absolute atomic E-state index is 0.116. The lowest BCUT2D eigenvalue weighted by atomic mass is 10.1. The quantitative estimate of drug-likeness (QED) is 0.155. The van der Waals surface area contributed by atoms with Crippen molar-refractivity contribution in [2.24, 2.45) is 0 Å². The number of hydrogen-bond acceptors (Lipinski definition) is 3. The highest BCUT2D eigenvalue weighted by atomic mass is 35.5. The molecule has 0 spiro atoms. The highest BCUT2D eigenvalue weighted by Gasteiger charge is 2.17. The summed E-state index contributed by atoms with van der Waals surface area (Å²) >= 11 is 6.38. The lowest BCUT2D eigenvalue weighted by molar-refractivity contribution is -0.114. The number of aliphatic hydroxyl groups excluding tert-OH is 1. The standard InChI is InChI=1S/C29H31ClFN2O3P/c1-5-6-27(31)21(17-37)11-12-36-29-10-8-23(30)15-26(29)28-9-7-18(2)33(28)25-14-22(19(3)34)13-24(16-25)32-20(4)35/h5-10,13-16,34H,3,11-12,17,37H2,1-2,4H3,(H,32,35)/b6-5-,27-21+. The first-order valence-corrected chi connectivity index (χ1v) is 13.0. The van der Waals surface area contributed by atoms with Crippen molar-refractivity contribution in [2.75, 3.05) is 18.1 Å². The Morgan fingerprint density at radius 2 is 2.00 bits per heavy atom. The average Bonchev–Trinajstić information content (AvgIpc) is 3.23. The number of anilines is 1. The summed E-state index contributed by atoms with van der Waals surface area (Å²) in [6, 6.07) is 14.5. The zero-order chi connectivity index (χ0) is 27.1. The van der Waals surface area contributed by atoms with Gasteiger partial charge in [0.2, 0.25) is 5.91 Å². The molecule has 0 fully saturated rings. The predicted molar refractivity (Wildman–Crippen MR) is 155 cm³/mol. The van der Waals surface area contributed by atoms with Crippen molar-refractivity contribution < 1.29 is 19.0 Å². The van der Waals surface area contributed by atoms with Crippen LogP contribution in [0.2, 0.25) is 5.02 Å². The number of halogens is 2. The SMILES string of the molecule is C=C(O)c1cc(NC(C)=O)cc(-n2c(C)ccc2-c2cc(Cl)ccc2OCC/C(CP)=C(F)/C=C\C)c1. The number of nitrogens with zero attached hydrogens (tertiary/aromatic N) is 1. The van der Waals surface area contributed by atoms with Gasteiger partial charge in [0.25, 0.3) is 0 Å². The Bertz CT molecular complexity index is 1380. The molecule has 0 aliphatic carbocycles. The van der Waals surface area contributed by atoms with Crippen LogP contribution in [0.4, 0.5) is 10.1 Å². The Morgan fingerprint density at radius 1 is 1.24 bits per heavy atom. The number of aliphatic hydroxyl groups is 1. The van der Waals surface area contributed by atoms with E-state index in [1.165, 1.54) is 13.0 Å². The van der Waals surface area contributed by atoms with E-state index >= 15 is 0 Å². The molecule has 2 N–H and O–H groups in total. The van der Waals surface area contributed by atoms with Crippen LogP contribution in [-0.4, -0.2) is 28.3 Å². The lowest BCUT2D eigenvalue weighted by Crippen LogP contribution is -2.08. The fraction of sp³-hybridized carbons (Fsp3) is 0.207. The van der Waals surface area contributed by atoms with E-state index in [1.54, 1.807) is 37.3 Å². The molecule has 0 radical (unpaired) electrons. The van der Waals surface area contributed by atoms with Crippen molar-refractivity contribution in [3.05, 3.63) is 94.9 Å². The van der Waals surface area contributed by atoms with Crippen molar-refractivity contribution in [1.29, 1.82) is 0 Å². The van der Waals surface area contributed by atoms with Gasteiger partial charge in [-0.15, -0.1) is 9.24 Å². The number of carbonyl (C=O) groups excluding carboxylic acids is 1. The van der Waals surface area contributed by atoms with E-state index < -0.39 is 0 Å². The molecule has 37 heavy (non-hydrogen) atoms. The number of carbonyl (C=O) groups is 1. The van der Waals surface area contributed by atoms with Gasteiger partial charge >= 0.3 is 0 Å². The molecule has 0 aliphatic heterocycles. The van der Waals surface area contributed by atoms with Crippen LogP contribution in [0, 0.1) is 6.92 Å². The normalized spacial score (nSPS) is 11.9. The third-order valence-electron chi connectivity index (χ3n) is 5.68. The number of rotatable bonds is 10. The molecule has 0 saturated heterocycles. The summed E-state index contributed by atoms with van der Waals surface area (Å²) in [6.07, 6.45) is 4.07. The molecule has 0 saturated carbocycles. The Balaban J connectivity index is 2.05. The van der Waals surface area contributed by atoms with Crippen molar-refractivity contribution >= 4 is 38.2 Å². The fourth-order valence-electron chi connectivity index (χ4n) is 3.97. The van der Waals surface area contributed by atoms with Gasteiger partial charge in [-0.1, -0.05) is 24.3 Å². The van der Waals surface area contributed by atoms with E-state index in [9.17, 15) is 14.3 Å². The molecule has 8 heteroatoms. The van der Waals surface area contributed by atoms with Crippen LogP contribution >= 0.6 is 20.8 Å². The van der Waals surface area contributed by atoms with E-state index in [4.69, 9.17) is 16.3 Å². The van der Waals surface area contributed by atoms with Gasteiger partial charge in [0.1, 0.15) is 17.3 Å². The highest BCUT2D eigenvalue weighted by molar-refractivity contribution is 7.16. The predicted octanol–water partition coefficient (Wildman–Crippen LogP) is 8.04. The second-order valence-corrected chi connectivity index (χ2v) is 9.33. The Labute approximate surface area is 224 Å². The van der Waals surface area contributed by atoms with Crippen LogP contribution in [0.3, 0.4) is 0 Å². The smallest absolute Gasteiger partial charge is 0.221 e. The van der Waals surface area contributed by atoms with Gasteiger partial charge in [0, 0.05) is 46.6 Å². The van der Waals surface area contributed by atoms with Gasteiger partial charge in [-0.2, -0.15) is 0 Å². The zero-order valence-corrected chi connectivity index (χ0v) is 23.1. The summed E-state index contributed by atoms with van der Waals surface area (Å²) in [5.74, 6) is 0.00596. The minimum Gasteiger partial charge on any atom is -0.508 e. The first-order valence-electron chi connectivity index (χ1n) is 11.8. The average molecular weight is 541 g/mol. The minimum atomic E-state index is -0.248. The monoisotopic (exact) mass is 540 g/mol. The largest absolute Gasteiger partial charge is 0.508 e. The lowest BCUT2D eigenvalue weighted by Gasteiger charge is -2.18. The number of aromatic nitrogens is 1. The van der Waals surface area contributed by atoms with E-state index in [0.717, 1.165) is 17.0 Å². The number of hydrogen-bond donors (Lipinski definition) is 2. The fourth-order valence-corrected chi connectivity index (χ4v) is 4.54. The van der Waals surface area contributed by atoms with Crippen molar-refractivity contribution in [3.8, 4) is 22.7 Å². The van der Waals surface area contributed by atoms with Crippen molar-refractivity contribution in [3.63, 3.8) is 0 Å². The third kappa shape index (κ3) is 7.12. The topological polar surface area (TPSA) is 63.5 Å². The third-order valence-corrected chi connectivity index (χ3v) is 6.41. The van der Waals surface area contributed by atoms with Gasteiger partial charge in [-0.25, -0.2) is 4.39 Å². The van der Waals surface area contributed by atoms with Gasteiger partial charge in [0.15, 0.2) is 0 Å². The summed E-state index contributed by atoms with van der Waals surface area (Å²) in [5.41, 5.74) is 4.83. The number of amides is 1. The number of allylic oxidation sites excluding steroid dienone is 3. The number of aryl methyl sites for hydroxylation is 1. The first-order chi connectivity index (χ1) is 17.6. The Kier molecular flexibility index (Phi) is 9.73. The molecule has 0 aliphatic rings. The molecule has 1 heterocycles. The van der Waals surface area contributed by atoms with Crippen molar-refractivity contribution in [2.45, 2.75) is 27.2 Å². The number of nitrogens with one attached hydrogen (secondary N) is 1. The van der Waals surface area contributed by atoms with E-state index in [0.29, 0.717) is 45.9 Å². The van der Waals surface area contributed by atoms with Gasteiger partial charge in [-0.3, -0.25) is 4.79 Å². The van der Waals surface area contributed by atoms with Crippen LogP contribution < -0.4 is 10.1 Å². The molecule has 3 rings (SSSR count). The summed E-state index contributed by atoms with van der Waals surface area (Å²) < 4.78 is 22.4. The molecule has 0 bridgehead atoms. The number of benzene rings is 2. The second kappa shape index (κ2) is 12.8. The molecule has 194 valence electrons. The zero-order valence-electron chi connectivity index (χ0n) is 21.1. The maximum atomic E-state index is 14.3. The first kappa shape index (κ1) is 28.2. The second-order valence-electron chi connectivity index (χ2n) is 8.49. The number of ether oxygens (including phenoxy) is 1. The summed E-state index contributed by atoms with van der Waals surface area (Å²) in [6.45, 7) is 9.07. The Hall–Kier alpha value is -3.34. The van der Waals surface area contributed by atoms with Gasteiger partial charge in [0.05, 0.1) is 12.3 Å². The van der Waals surface area contributed by atoms with E-state index in [2.05, 4.69) is 21.1 Å².